The molecule has 0 saturated carbocycles. The average molecular weight is 362 g/mol. The fraction of sp³-hybridized carbons (Fsp3) is 0.364. The minimum Gasteiger partial charge on any atom is -0.427 e. The van der Waals surface area contributed by atoms with Gasteiger partial charge >= 0.3 is 5.97 Å². The van der Waals surface area contributed by atoms with Gasteiger partial charge in [-0.3, -0.25) is 4.79 Å². The molecule has 0 amide bonds. The lowest BCUT2D eigenvalue weighted by Gasteiger charge is -2.43. The molecule has 0 spiro atoms. The standard InChI is InChI=1S/C22H22N2O3/c1-14(25)27-17-5-2-4-16(13-17)21-18-6-3-11-26-22(18)19-12-15(9-10-23)7-8-20(19)24-21/h2,4-5,7-8,12-13,18,21-22,24H,3,6,9,11H2,1H3. The lowest BCUT2D eigenvalue weighted by atomic mass is 9.77. The van der Waals surface area contributed by atoms with Crippen LogP contribution in [-0.4, -0.2) is 12.6 Å². The van der Waals surface area contributed by atoms with Crippen molar-refractivity contribution in [2.45, 2.75) is 38.3 Å². The minimum atomic E-state index is -0.321. The second kappa shape index (κ2) is 7.42. The highest BCUT2D eigenvalue weighted by Gasteiger charge is 2.39. The highest BCUT2D eigenvalue weighted by atomic mass is 16.5. The molecule has 5 heteroatoms. The van der Waals surface area contributed by atoms with Gasteiger partial charge in [-0.2, -0.15) is 5.26 Å². The van der Waals surface area contributed by atoms with Crippen LogP contribution in [0.2, 0.25) is 0 Å². The lowest BCUT2D eigenvalue weighted by molar-refractivity contribution is -0.131. The van der Waals surface area contributed by atoms with Crippen LogP contribution in [0.25, 0.3) is 0 Å². The van der Waals surface area contributed by atoms with Gasteiger partial charge in [-0.25, -0.2) is 0 Å². The fourth-order valence-electron chi connectivity index (χ4n) is 4.19. The summed E-state index contributed by atoms with van der Waals surface area (Å²) in [5, 5.41) is 12.7. The number of fused-ring (bicyclic) bond motifs is 3. The fourth-order valence-corrected chi connectivity index (χ4v) is 4.19. The Balaban J connectivity index is 1.71. The average Bonchev–Trinajstić information content (AvgIpc) is 2.67. The maximum atomic E-state index is 11.3. The van der Waals surface area contributed by atoms with Crippen LogP contribution in [0.4, 0.5) is 5.69 Å². The quantitative estimate of drug-likeness (QED) is 0.651. The maximum Gasteiger partial charge on any atom is 0.308 e. The number of rotatable bonds is 3. The molecule has 3 atom stereocenters. The largest absolute Gasteiger partial charge is 0.427 e. The summed E-state index contributed by atoms with van der Waals surface area (Å²) < 4.78 is 11.4. The number of carbonyl (C=O) groups is 1. The number of anilines is 1. The van der Waals surface area contributed by atoms with Crippen LogP contribution in [0.15, 0.2) is 42.5 Å². The van der Waals surface area contributed by atoms with Crippen LogP contribution >= 0.6 is 0 Å². The topological polar surface area (TPSA) is 71.3 Å². The zero-order valence-electron chi connectivity index (χ0n) is 15.3. The Morgan fingerprint density at radius 2 is 2.22 bits per heavy atom. The van der Waals surface area contributed by atoms with E-state index in [1.807, 2.05) is 24.3 Å². The first-order valence-electron chi connectivity index (χ1n) is 9.32. The number of hydrogen-bond donors (Lipinski definition) is 1. The van der Waals surface area contributed by atoms with Gasteiger partial charge < -0.3 is 14.8 Å². The van der Waals surface area contributed by atoms with Gasteiger partial charge in [0.2, 0.25) is 0 Å². The molecule has 5 nitrogen and oxygen atoms in total. The molecular formula is C22H22N2O3. The Kier molecular flexibility index (Phi) is 4.83. The summed E-state index contributed by atoms with van der Waals surface area (Å²) in [4.78, 5) is 11.3. The van der Waals surface area contributed by atoms with E-state index in [4.69, 9.17) is 14.7 Å². The molecular weight excluding hydrogens is 340 g/mol. The highest BCUT2D eigenvalue weighted by molar-refractivity contribution is 5.69. The van der Waals surface area contributed by atoms with E-state index in [1.54, 1.807) is 6.07 Å². The van der Waals surface area contributed by atoms with Gasteiger partial charge in [-0.15, -0.1) is 0 Å². The molecule has 2 aliphatic heterocycles. The zero-order chi connectivity index (χ0) is 18.8. The molecule has 0 bridgehead atoms. The number of esters is 1. The second-order valence-corrected chi connectivity index (χ2v) is 7.14. The van der Waals surface area contributed by atoms with Gasteiger partial charge in [-0.1, -0.05) is 24.3 Å². The number of carbonyl (C=O) groups excluding carboxylic acids is 1. The van der Waals surface area contributed by atoms with Crippen LogP contribution < -0.4 is 10.1 Å². The van der Waals surface area contributed by atoms with Crippen LogP contribution in [-0.2, 0) is 16.0 Å². The van der Waals surface area contributed by atoms with Crippen molar-refractivity contribution in [1.82, 2.24) is 0 Å². The van der Waals surface area contributed by atoms with Gasteiger partial charge in [0.25, 0.3) is 0 Å². The maximum absolute atomic E-state index is 11.3. The van der Waals surface area contributed by atoms with Crippen LogP contribution in [0.3, 0.4) is 0 Å². The van der Waals surface area contributed by atoms with E-state index >= 15 is 0 Å². The Bertz CT molecular complexity index is 903. The molecule has 2 aliphatic rings. The van der Waals surface area contributed by atoms with Crippen molar-refractivity contribution in [2.75, 3.05) is 11.9 Å². The van der Waals surface area contributed by atoms with E-state index < -0.39 is 0 Å². The third kappa shape index (κ3) is 3.54. The smallest absolute Gasteiger partial charge is 0.308 e. The van der Waals surface area contributed by atoms with E-state index in [0.29, 0.717) is 12.2 Å². The van der Waals surface area contributed by atoms with Crippen molar-refractivity contribution < 1.29 is 14.3 Å². The van der Waals surface area contributed by atoms with Crippen molar-refractivity contribution in [1.29, 1.82) is 5.26 Å². The van der Waals surface area contributed by atoms with Crippen molar-refractivity contribution in [2.24, 2.45) is 5.92 Å². The van der Waals surface area contributed by atoms with E-state index in [9.17, 15) is 4.79 Å². The van der Waals surface area contributed by atoms with Gasteiger partial charge in [-0.05, 0) is 42.2 Å². The van der Waals surface area contributed by atoms with Gasteiger partial charge in [0, 0.05) is 30.7 Å². The normalized spacial score (nSPS) is 23.3. The van der Waals surface area contributed by atoms with Crippen molar-refractivity contribution in [3.63, 3.8) is 0 Å². The van der Waals surface area contributed by atoms with Crippen molar-refractivity contribution in [3.8, 4) is 11.8 Å². The summed E-state index contributed by atoms with van der Waals surface area (Å²) in [6.45, 7) is 2.16. The summed E-state index contributed by atoms with van der Waals surface area (Å²) in [5.74, 6) is 0.527. The SMILES string of the molecule is CC(=O)Oc1cccc(C2Nc3ccc(CC#N)cc3C3OCCCC23)c1. The van der Waals surface area contributed by atoms with Crippen molar-refractivity contribution in [3.05, 3.63) is 59.2 Å². The molecule has 0 aliphatic carbocycles. The number of nitriles is 1. The molecule has 1 saturated heterocycles. The first-order chi connectivity index (χ1) is 13.2. The number of nitrogens with zero attached hydrogens (tertiary/aromatic N) is 1. The Labute approximate surface area is 158 Å². The highest BCUT2D eigenvalue weighted by Crippen LogP contribution is 2.49. The molecule has 27 heavy (non-hydrogen) atoms. The predicted molar refractivity (Wildman–Crippen MR) is 101 cm³/mol. The summed E-state index contributed by atoms with van der Waals surface area (Å²) in [6, 6.07) is 16.1. The monoisotopic (exact) mass is 362 g/mol. The first kappa shape index (κ1) is 17.6. The summed E-state index contributed by atoms with van der Waals surface area (Å²) in [7, 11) is 0. The summed E-state index contributed by atoms with van der Waals surface area (Å²) >= 11 is 0. The molecule has 0 aromatic heterocycles. The van der Waals surface area contributed by atoms with Crippen molar-refractivity contribution >= 4 is 11.7 Å². The lowest BCUT2D eigenvalue weighted by Crippen LogP contribution is -2.36. The third-order valence-corrected chi connectivity index (χ3v) is 5.29. The number of nitrogens with one attached hydrogen (secondary N) is 1. The van der Waals surface area contributed by atoms with Gasteiger partial charge in [0.1, 0.15) is 5.75 Å². The number of benzene rings is 2. The van der Waals surface area contributed by atoms with E-state index in [-0.39, 0.29) is 24.0 Å². The summed E-state index contributed by atoms with van der Waals surface area (Å²) in [5.41, 5.74) is 4.28. The molecule has 2 aromatic carbocycles. The first-order valence-corrected chi connectivity index (χ1v) is 9.32. The van der Waals surface area contributed by atoms with E-state index in [2.05, 4.69) is 23.5 Å². The molecule has 4 rings (SSSR count). The van der Waals surface area contributed by atoms with Crippen LogP contribution in [0.5, 0.6) is 5.75 Å². The Morgan fingerprint density at radius 3 is 3.04 bits per heavy atom. The summed E-state index contributed by atoms with van der Waals surface area (Å²) in [6.07, 6.45) is 2.49. The van der Waals surface area contributed by atoms with Crippen LogP contribution in [0.1, 0.15) is 48.6 Å². The molecule has 2 aromatic rings. The molecule has 2 heterocycles. The zero-order valence-corrected chi connectivity index (χ0v) is 15.3. The molecule has 0 radical (unpaired) electrons. The molecule has 1 fully saturated rings. The molecule has 1 N–H and O–H groups in total. The van der Waals surface area contributed by atoms with Gasteiger partial charge in [0.05, 0.1) is 24.6 Å². The predicted octanol–water partition coefficient (Wildman–Crippen LogP) is 4.31. The molecule has 3 unspecified atom stereocenters. The Hall–Kier alpha value is -2.84. The third-order valence-electron chi connectivity index (χ3n) is 5.29. The van der Waals surface area contributed by atoms with E-state index in [1.165, 1.54) is 6.92 Å². The number of ether oxygens (including phenoxy) is 2. The minimum absolute atomic E-state index is 0.0102. The Morgan fingerprint density at radius 1 is 1.33 bits per heavy atom. The van der Waals surface area contributed by atoms with E-state index in [0.717, 1.165) is 41.8 Å². The molecule has 138 valence electrons. The van der Waals surface area contributed by atoms with Gasteiger partial charge in [0.15, 0.2) is 0 Å². The second-order valence-electron chi connectivity index (χ2n) is 7.14. The van der Waals surface area contributed by atoms with Crippen LogP contribution in [0, 0.1) is 17.2 Å². The number of hydrogen-bond acceptors (Lipinski definition) is 5.